The Labute approximate surface area is 123 Å². The number of anilines is 1. The molecule has 106 valence electrons. The number of amides is 1. The number of fused-ring (bicyclic) bond motifs is 1. The van der Waals surface area contributed by atoms with Gasteiger partial charge in [0.05, 0.1) is 10.5 Å². The number of carbonyl (C=O) groups excluding carboxylic acids is 1. The molecular weight excluding hydrogens is 290 g/mol. The molecule has 0 aliphatic heterocycles. The Morgan fingerprint density at radius 1 is 1.33 bits per heavy atom. The topological polar surface area (TPSA) is 95.1 Å². The Hall–Kier alpha value is -2.67. The summed E-state index contributed by atoms with van der Waals surface area (Å²) >= 11 is 1.03. The van der Waals surface area contributed by atoms with Crippen LogP contribution in [-0.2, 0) is 0 Å². The molecule has 0 aliphatic carbocycles. The number of para-hydroxylation sites is 1. The second kappa shape index (κ2) is 5.02. The number of benzene rings is 1. The largest absolute Gasteiger partial charge is 0.477 e. The summed E-state index contributed by atoms with van der Waals surface area (Å²) in [6.45, 7) is 1.69. The summed E-state index contributed by atoms with van der Waals surface area (Å²) in [5, 5.41) is 19.7. The van der Waals surface area contributed by atoms with E-state index in [0.29, 0.717) is 10.6 Å². The van der Waals surface area contributed by atoms with Gasteiger partial charge in [0, 0.05) is 5.39 Å². The van der Waals surface area contributed by atoms with Crippen LogP contribution in [0.2, 0.25) is 0 Å². The van der Waals surface area contributed by atoms with Crippen molar-refractivity contribution in [3.05, 3.63) is 46.5 Å². The molecule has 3 rings (SSSR count). The number of thiophene rings is 1. The number of carbonyl (C=O) groups is 2. The number of carboxylic acid groups (broad SMARTS) is 1. The van der Waals surface area contributed by atoms with Gasteiger partial charge in [-0.05, 0) is 24.6 Å². The third kappa shape index (κ3) is 2.38. The highest BCUT2D eigenvalue weighted by molar-refractivity contribution is 7.18. The number of aryl methyl sites for hydroxylation is 1. The summed E-state index contributed by atoms with van der Waals surface area (Å²) in [6.07, 6.45) is 0. The Morgan fingerprint density at radius 3 is 2.81 bits per heavy atom. The highest BCUT2D eigenvalue weighted by Crippen LogP contribution is 2.27. The van der Waals surface area contributed by atoms with Crippen molar-refractivity contribution >= 4 is 39.1 Å². The maximum Gasteiger partial charge on any atom is 0.346 e. The zero-order valence-corrected chi connectivity index (χ0v) is 11.8. The van der Waals surface area contributed by atoms with Crippen LogP contribution >= 0.6 is 11.3 Å². The van der Waals surface area contributed by atoms with E-state index in [4.69, 9.17) is 5.11 Å². The van der Waals surface area contributed by atoms with Crippen LogP contribution in [0.1, 0.15) is 25.7 Å². The van der Waals surface area contributed by atoms with Crippen molar-refractivity contribution in [2.24, 2.45) is 0 Å². The molecule has 2 heterocycles. The fourth-order valence-electron chi connectivity index (χ4n) is 2.06. The fraction of sp³-hybridized carbons (Fsp3) is 0.0714. The monoisotopic (exact) mass is 301 g/mol. The van der Waals surface area contributed by atoms with E-state index in [9.17, 15) is 9.59 Å². The number of aromatic amines is 1. The molecule has 0 unspecified atom stereocenters. The van der Waals surface area contributed by atoms with Gasteiger partial charge < -0.3 is 10.4 Å². The highest BCUT2D eigenvalue weighted by Gasteiger charge is 2.17. The molecule has 0 aliphatic rings. The summed E-state index contributed by atoms with van der Waals surface area (Å²) in [6, 6.07) is 8.95. The Balaban J connectivity index is 1.90. The lowest BCUT2D eigenvalue weighted by molar-refractivity contribution is 0.0701. The first-order valence-electron chi connectivity index (χ1n) is 6.14. The van der Waals surface area contributed by atoms with Crippen LogP contribution in [0.25, 0.3) is 10.9 Å². The molecule has 21 heavy (non-hydrogen) atoms. The van der Waals surface area contributed by atoms with E-state index in [1.165, 1.54) is 0 Å². The molecule has 0 bridgehead atoms. The van der Waals surface area contributed by atoms with Gasteiger partial charge in [0.1, 0.15) is 4.88 Å². The van der Waals surface area contributed by atoms with Gasteiger partial charge in [-0.2, -0.15) is 5.10 Å². The van der Waals surface area contributed by atoms with Gasteiger partial charge in [0.25, 0.3) is 5.91 Å². The summed E-state index contributed by atoms with van der Waals surface area (Å²) < 4.78 is 0. The van der Waals surface area contributed by atoms with Crippen molar-refractivity contribution in [2.75, 3.05) is 5.32 Å². The lowest BCUT2D eigenvalue weighted by Crippen LogP contribution is -2.11. The molecule has 0 radical (unpaired) electrons. The molecule has 1 amide bonds. The maximum absolute atomic E-state index is 12.2. The Morgan fingerprint density at radius 2 is 2.10 bits per heavy atom. The number of aromatic nitrogens is 2. The minimum absolute atomic E-state index is 0.220. The van der Waals surface area contributed by atoms with E-state index < -0.39 is 5.97 Å². The number of H-pyrrole nitrogens is 1. The van der Waals surface area contributed by atoms with Crippen molar-refractivity contribution in [3.63, 3.8) is 0 Å². The molecule has 0 atom stereocenters. The van der Waals surface area contributed by atoms with Crippen LogP contribution < -0.4 is 5.32 Å². The lowest BCUT2D eigenvalue weighted by Gasteiger charge is -1.99. The molecule has 0 saturated heterocycles. The van der Waals surface area contributed by atoms with Crippen LogP contribution in [0.15, 0.2) is 30.3 Å². The second-order valence-electron chi connectivity index (χ2n) is 4.50. The summed E-state index contributed by atoms with van der Waals surface area (Å²) in [5.74, 6) is -1.37. The average Bonchev–Trinajstić information content (AvgIpc) is 3.02. The quantitative estimate of drug-likeness (QED) is 0.693. The normalized spacial score (nSPS) is 10.7. The number of carboxylic acids is 1. The van der Waals surface area contributed by atoms with Gasteiger partial charge in [-0.1, -0.05) is 18.2 Å². The molecule has 1 aromatic carbocycles. The Kier molecular flexibility index (Phi) is 3.19. The van der Waals surface area contributed by atoms with Gasteiger partial charge >= 0.3 is 5.97 Å². The average molecular weight is 301 g/mol. The number of rotatable bonds is 3. The third-order valence-electron chi connectivity index (χ3n) is 3.03. The van der Waals surface area contributed by atoms with E-state index in [1.54, 1.807) is 19.1 Å². The Bertz CT molecular complexity index is 850. The summed E-state index contributed by atoms with van der Waals surface area (Å²) in [7, 11) is 0. The molecule has 0 saturated carbocycles. The molecule has 6 nitrogen and oxygen atoms in total. The van der Waals surface area contributed by atoms with Gasteiger partial charge in [-0.3, -0.25) is 9.89 Å². The van der Waals surface area contributed by atoms with Crippen LogP contribution in [0.5, 0.6) is 0 Å². The number of nitrogens with zero attached hydrogens (tertiary/aromatic N) is 1. The predicted molar refractivity (Wildman–Crippen MR) is 80.1 cm³/mol. The number of nitrogens with one attached hydrogen (secondary N) is 2. The minimum Gasteiger partial charge on any atom is -0.477 e. The minimum atomic E-state index is -0.997. The van der Waals surface area contributed by atoms with E-state index in [2.05, 4.69) is 15.5 Å². The second-order valence-corrected chi connectivity index (χ2v) is 5.55. The van der Waals surface area contributed by atoms with Crippen molar-refractivity contribution in [1.82, 2.24) is 10.2 Å². The third-order valence-corrected chi connectivity index (χ3v) is 4.17. The van der Waals surface area contributed by atoms with E-state index in [1.807, 2.05) is 18.2 Å². The van der Waals surface area contributed by atoms with Crippen LogP contribution in [0, 0.1) is 6.92 Å². The van der Waals surface area contributed by atoms with Crippen molar-refractivity contribution < 1.29 is 14.7 Å². The fourth-order valence-corrected chi connectivity index (χ4v) is 2.97. The smallest absolute Gasteiger partial charge is 0.346 e. The van der Waals surface area contributed by atoms with Crippen LogP contribution in [0.3, 0.4) is 0 Å². The molecule has 0 spiro atoms. The molecule has 3 N–H and O–H groups in total. The first-order valence-corrected chi connectivity index (χ1v) is 6.96. The van der Waals surface area contributed by atoms with Gasteiger partial charge in [0.2, 0.25) is 0 Å². The number of aromatic carboxylic acids is 1. The first-order chi connectivity index (χ1) is 10.1. The van der Waals surface area contributed by atoms with E-state index in [0.717, 1.165) is 22.2 Å². The predicted octanol–water partition coefficient (Wildman–Crippen LogP) is 2.88. The van der Waals surface area contributed by atoms with Gasteiger partial charge in [0.15, 0.2) is 5.69 Å². The number of hydrogen-bond donors (Lipinski definition) is 3. The lowest BCUT2D eigenvalue weighted by atomic mass is 10.2. The summed E-state index contributed by atoms with van der Waals surface area (Å²) in [5.41, 5.74) is 1.68. The van der Waals surface area contributed by atoms with Crippen molar-refractivity contribution in [3.8, 4) is 0 Å². The zero-order valence-electron chi connectivity index (χ0n) is 11.0. The van der Waals surface area contributed by atoms with Gasteiger partial charge in [-0.25, -0.2) is 4.79 Å². The SMILES string of the molecule is Cc1cc(NC(=O)c2n[nH]c3ccccc23)sc1C(=O)O. The molecule has 2 aromatic heterocycles. The van der Waals surface area contributed by atoms with E-state index >= 15 is 0 Å². The molecule has 7 heteroatoms. The first kappa shape index (κ1) is 13.3. The summed E-state index contributed by atoms with van der Waals surface area (Å²) in [4.78, 5) is 23.5. The molecule has 0 fully saturated rings. The molecule has 3 aromatic rings. The number of hydrogen-bond acceptors (Lipinski definition) is 4. The molecular formula is C14H11N3O3S. The van der Waals surface area contributed by atoms with E-state index in [-0.39, 0.29) is 16.5 Å². The van der Waals surface area contributed by atoms with Crippen LogP contribution in [0.4, 0.5) is 5.00 Å². The maximum atomic E-state index is 12.2. The highest BCUT2D eigenvalue weighted by atomic mass is 32.1. The van der Waals surface area contributed by atoms with Crippen molar-refractivity contribution in [1.29, 1.82) is 0 Å². The van der Waals surface area contributed by atoms with Crippen LogP contribution in [-0.4, -0.2) is 27.2 Å². The van der Waals surface area contributed by atoms with Gasteiger partial charge in [-0.15, -0.1) is 11.3 Å². The zero-order chi connectivity index (χ0) is 15.0. The van der Waals surface area contributed by atoms with Crippen molar-refractivity contribution in [2.45, 2.75) is 6.92 Å². The standard InChI is InChI=1S/C14H11N3O3S/c1-7-6-10(21-12(7)14(19)20)15-13(18)11-8-4-2-3-5-9(8)16-17-11/h2-6H,1H3,(H,15,18)(H,16,17)(H,19,20).